The van der Waals surface area contributed by atoms with Crippen molar-refractivity contribution in [3.8, 4) is 0 Å². The van der Waals surface area contributed by atoms with Crippen LogP contribution in [0.1, 0.15) is 44.1 Å². The van der Waals surface area contributed by atoms with E-state index in [1.165, 1.54) is 12.1 Å². The van der Waals surface area contributed by atoms with E-state index >= 15 is 0 Å². The van der Waals surface area contributed by atoms with Crippen molar-refractivity contribution in [3.05, 3.63) is 17.5 Å². The molecule has 1 saturated heterocycles. The molecule has 0 aliphatic carbocycles. The van der Waals surface area contributed by atoms with E-state index in [0.29, 0.717) is 12.0 Å². The van der Waals surface area contributed by atoms with Gasteiger partial charge in [0.05, 0.1) is 11.7 Å². The Kier molecular flexibility index (Phi) is 4.68. The number of amides is 2. The summed E-state index contributed by atoms with van der Waals surface area (Å²) in [7, 11) is 0. The van der Waals surface area contributed by atoms with Crippen molar-refractivity contribution in [2.24, 2.45) is 5.92 Å². The van der Waals surface area contributed by atoms with Gasteiger partial charge in [-0.15, -0.1) is 0 Å². The van der Waals surface area contributed by atoms with Gasteiger partial charge in [0.15, 0.2) is 0 Å². The molecule has 1 aliphatic heterocycles. The second-order valence-corrected chi connectivity index (χ2v) is 5.96. The second kappa shape index (κ2) is 6.29. The molecule has 0 saturated carbocycles. The zero-order valence-electron chi connectivity index (χ0n) is 13.0. The Balaban J connectivity index is 1.73. The summed E-state index contributed by atoms with van der Waals surface area (Å²) < 4.78 is 2.04. The number of nitrogens with zero attached hydrogens (tertiary/aromatic N) is 3. The Morgan fingerprint density at radius 2 is 2.20 bits per heavy atom. The van der Waals surface area contributed by atoms with Crippen LogP contribution in [0.3, 0.4) is 0 Å². The topological polar surface area (TPSA) is 50.2 Å². The summed E-state index contributed by atoms with van der Waals surface area (Å²) in [4.78, 5) is 13.8. The number of carbonyl (C=O) groups is 1. The summed E-state index contributed by atoms with van der Waals surface area (Å²) in [5.41, 5.74) is 2.21. The van der Waals surface area contributed by atoms with Crippen molar-refractivity contribution in [3.63, 3.8) is 0 Å². The fourth-order valence-electron chi connectivity index (χ4n) is 2.53. The summed E-state index contributed by atoms with van der Waals surface area (Å²) in [5.74, 6) is 0.675. The van der Waals surface area contributed by atoms with E-state index in [9.17, 15) is 4.79 Å². The molecule has 0 radical (unpaired) electrons. The predicted molar refractivity (Wildman–Crippen MR) is 79.8 cm³/mol. The Morgan fingerprint density at radius 1 is 1.50 bits per heavy atom. The van der Waals surface area contributed by atoms with Crippen LogP contribution in [0, 0.1) is 19.8 Å². The fourth-order valence-corrected chi connectivity index (χ4v) is 2.53. The smallest absolute Gasteiger partial charge is 0.317 e. The Labute approximate surface area is 121 Å². The number of rotatable bonds is 5. The van der Waals surface area contributed by atoms with Crippen molar-refractivity contribution in [1.29, 1.82) is 0 Å². The lowest BCUT2D eigenvalue weighted by Crippen LogP contribution is -2.54. The van der Waals surface area contributed by atoms with Crippen LogP contribution in [0.2, 0.25) is 0 Å². The molecule has 0 spiro atoms. The molecule has 5 nitrogen and oxygen atoms in total. The van der Waals surface area contributed by atoms with Crippen LogP contribution in [0.4, 0.5) is 4.79 Å². The van der Waals surface area contributed by atoms with Crippen LogP contribution in [0.5, 0.6) is 0 Å². The van der Waals surface area contributed by atoms with E-state index in [-0.39, 0.29) is 6.03 Å². The van der Waals surface area contributed by atoms with Gasteiger partial charge >= 0.3 is 6.03 Å². The van der Waals surface area contributed by atoms with E-state index < -0.39 is 0 Å². The van der Waals surface area contributed by atoms with Crippen LogP contribution in [-0.2, 0) is 0 Å². The lowest BCUT2D eigenvalue weighted by molar-refractivity contribution is 0.117. The summed E-state index contributed by atoms with van der Waals surface area (Å²) in [6.45, 7) is 10.8. The Bertz CT molecular complexity index is 462. The van der Waals surface area contributed by atoms with Crippen LogP contribution >= 0.6 is 0 Å². The van der Waals surface area contributed by atoms with Crippen molar-refractivity contribution >= 4 is 6.03 Å². The first-order valence-corrected chi connectivity index (χ1v) is 7.56. The van der Waals surface area contributed by atoms with Gasteiger partial charge in [0, 0.05) is 25.3 Å². The zero-order valence-corrected chi connectivity index (χ0v) is 13.0. The number of carbonyl (C=O) groups excluding carboxylic acids is 1. The third-order valence-corrected chi connectivity index (χ3v) is 4.15. The molecular formula is C15H26N4O. The lowest BCUT2D eigenvalue weighted by Gasteiger charge is -2.39. The van der Waals surface area contributed by atoms with Gasteiger partial charge < -0.3 is 10.2 Å². The molecule has 1 aliphatic rings. The van der Waals surface area contributed by atoms with Gasteiger partial charge in [-0.25, -0.2) is 4.79 Å². The largest absolute Gasteiger partial charge is 0.338 e. The number of aryl methyl sites for hydroxylation is 2. The SMILES string of the molecule is CCC(C)CCNC(=O)N1CC(n2nc(C)cc2C)C1. The number of nitrogens with one attached hydrogen (secondary N) is 1. The first-order chi connectivity index (χ1) is 9.51. The van der Waals surface area contributed by atoms with Gasteiger partial charge in [-0.3, -0.25) is 4.68 Å². The Hall–Kier alpha value is -1.52. The van der Waals surface area contributed by atoms with Gasteiger partial charge in [0.25, 0.3) is 0 Å². The maximum Gasteiger partial charge on any atom is 0.317 e. The zero-order chi connectivity index (χ0) is 14.7. The molecule has 2 heterocycles. The van der Waals surface area contributed by atoms with Crippen molar-refractivity contribution in [2.75, 3.05) is 19.6 Å². The van der Waals surface area contributed by atoms with E-state index in [1.807, 2.05) is 16.5 Å². The van der Waals surface area contributed by atoms with Crippen LogP contribution in [0.15, 0.2) is 6.07 Å². The highest BCUT2D eigenvalue weighted by molar-refractivity contribution is 5.75. The monoisotopic (exact) mass is 278 g/mol. The van der Waals surface area contributed by atoms with E-state index in [2.05, 4.69) is 37.3 Å². The molecule has 1 aromatic rings. The predicted octanol–water partition coefficient (Wildman–Crippen LogP) is 2.50. The normalized spacial score (nSPS) is 16.9. The summed E-state index contributed by atoms with van der Waals surface area (Å²) in [6, 6.07) is 2.48. The van der Waals surface area contributed by atoms with Crippen molar-refractivity contribution < 1.29 is 4.79 Å². The molecule has 0 bridgehead atoms. The number of likely N-dealkylation sites (tertiary alicyclic amines) is 1. The van der Waals surface area contributed by atoms with Crippen molar-refractivity contribution in [2.45, 2.75) is 46.6 Å². The highest BCUT2D eigenvalue weighted by Crippen LogP contribution is 2.22. The van der Waals surface area contributed by atoms with Crippen LogP contribution in [0.25, 0.3) is 0 Å². The summed E-state index contributed by atoms with van der Waals surface area (Å²) in [6.07, 6.45) is 2.22. The second-order valence-electron chi connectivity index (χ2n) is 5.96. The number of hydrogen-bond acceptors (Lipinski definition) is 2. The molecular weight excluding hydrogens is 252 g/mol. The van der Waals surface area contributed by atoms with Crippen molar-refractivity contribution in [1.82, 2.24) is 20.0 Å². The summed E-state index contributed by atoms with van der Waals surface area (Å²) in [5, 5.41) is 7.48. The first kappa shape index (κ1) is 14.9. The molecule has 1 fully saturated rings. The van der Waals surface area contributed by atoms with Gasteiger partial charge in [-0.2, -0.15) is 5.10 Å². The van der Waals surface area contributed by atoms with Crippen LogP contribution in [-0.4, -0.2) is 40.3 Å². The average molecular weight is 278 g/mol. The highest BCUT2D eigenvalue weighted by Gasteiger charge is 2.32. The minimum Gasteiger partial charge on any atom is -0.338 e. The Morgan fingerprint density at radius 3 is 2.75 bits per heavy atom. The highest BCUT2D eigenvalue weighted by atomic mass is 16.2. The van der Waals surface area contributed by atoms with Gasteiger partial charge in [0.1, 0.15) is 0 Å². The molecule has 2 rings (SSSR count). The quantitative estimate of drug-likeness (QED) is 0.899. The number of hydrogen-bond donors (Lipinski definition) is 1. The van der Waals surface area contributed by atoms with Gasteiger partial charge in [0.2, 0.25) is 0 Å². The molecule has 5 heteroatoms. The minimum absolute atomic E-state index is 0.0612. The molecule has 1 unspecified atom stereocenters. The first-order valence-electron chi connectivity index (χ1n) is 7.56. The average Bonchev–Trinajstić information content (AvgIpc) is 2.66. The van der Waals surface area contributed by atoms with Crippen LogP contribution < -0.4 is 5.32 Å². The van der Waals surface area contributed by atoms with E-state index in [1.54, 1.807) is 0 Å². The standard InChI is InChI=1S/C15H26N4O/c1-5-11(2)6-7-16-15(20)18-9-14(10-18)19-13(4)8-12(3)17-19/h8,11,14H,5-7,9-10H2,1-4H3,(H,16,20). The third kappa shape index (κ3) is 3.32. The third-order valence-electron chi connectivity index (χ3n) is 4.15. The van der Waals surface area contributed by atoms with E-state index in [4.69, 9.17) is 0 Å². The number of aromatic nitrogens is 2. The fraction of sp³-hybridized carbons (Fsp3) is 0.733. The maximum absolute atomic E-state index is 11.9. The molecule has 1 aromatic heterocycles. The van der Waals surface area contributed by atoms with E-state index in [0.717, 1.165) is 31.7 Å². The van der Waals surface area contributed by atoms with Gasteiger partial charge in [-0.1, -0.05) is 20.3 Å². The molecule has 2 amide bonds. The maximum atomic E-state index is 11.9. The molecule has 20 heavy (non-hydrogen) atoms. The minimum atomic E-state index is 0.0612. The molecule has 112 valence electrons. The molecule has 1 atom stereocenters. The summed E-state index contributed by atoms with van der Waals surface area (Å²) >= 11 is 0. The molecule has 0 aromatic carbocycles. The van der Waals surface area contributed by atoms with Gasteiger partial charge in [-0.05, 0) is 32.3 Å². The molecule has 1 N–H and O–H groups in total. The number of urea groups is 1. The lowest BCUT2D eigenvalue weighted by atomic mass is 10.1.